The average Bonchev–Trinajstić information content (AvgIpc) is 1.89. The zero-order valence-corrected chi connectivity index (χ0v) is 9.52. The van der Waals surface area contributed by atoms with E-state index in [9.17, 15) is 4.39 Å². The number of hydrogen-bond donors (Lipinski definition) is 0. The Kier molecular flexibility index (Phi) is 5.69. The fourth-order valence-electron chi connectivity index (χ4n) is 0.614. The summed E-state index contributed by atoms with van der Waals surface area (Å²) in [6.45, 7) is -0.386. The molecule has 0 aliphatic heterocycles. The second kappa shape index (κ2) is 5.34. The minimum atomic E-state index is -0.386. The molecule has 0 amide bonds. The van der Waals surface area contributed by atoms with Gasteiger partial charge in [-0.1, -0.05) is 0 Å². The van der Waals surface area contributed by atoms with Gasteiger partial charge in [-0.15, -0.1) is 0 Å². The van der Waals surface area contributed by atoms with Crippen molar-refractivity contribution in [2.75, 3.05) is 0 Å². The maximum atomic E-state index is 12.0. The molecule has 0 bridgehead atoms. The van der Waals surface area contributed by atoms with Crippen molar-refractivity contribution in [3.05, 3.63) is 29.8 Å². The van der Waals surface area contributed by atoms with E-state index in [4.69, 9.17) is 0 Å². The molecule has 0 aromatic heterocycles. The third-order valence-corrected chi connectivity index (χ3v) is 1.95. The van der Waals surface area contributed by atoms with Crippen LogP contribution in [0.1, 0.15) is 5.56 Å². The Bertz CT molecular complexity index is 203. The molecule has 0 saturated carbocycles. The van der Waals surface area contributed by atoms with Gasteiger partial charge in [0.15, 0.2) is 0 Å². The number of benzene rings is 1. The van der Waals surface area contributed by atoms with Crippen molar-refractivity contribution in [1.29, 1.82) is 0 Å². The van der Waals surface area contributed by atoms with Gasteiger partial charge in [-0.3, -0.25) is 0 Å². The molecular formula is C7H6FNaSe. The molecule has 0 aliphatic rings. The van der Waals surface area contributed by atoms with E-state index in [1.54, 1.807) is 6.07 Å². The van der Waals surface area contributed by atoms with Gasteiger partial charge in [0.25, 0.3) is 0 Å². The summed E-state index contributed by atoms with van der Waals surface area (Å²) in [6.07, 6.45) is 0. The molecule has 0 nitrogen and oxygen atoms in total. The quantitative estimate of drug-likeness (QED) is 0.469. The van der Waals surface area contributed by atoms with E-state index >= 15 is 0 Å². The molecule has 0 heterocycles. The van der Waals surface area contributed by atoms with E-state index in [-0.39, 0.29) is 36.2 Å². The fraction of sp³-hybridized carbons (Fsp3) is 0.143. The Hall–Kier alpha value is 0.669. The van der Waals surface area contributed by atoms with E-state index in [0.717, 1.165) is 10.0 Å². The largest absolute Gasteiger partial charge is 1.00 e. The van der Waals surface area contributed by atoms with Gasteiger partial charge in [0.05, 0.1) is 0 Å². The van der Waals surface area contributed by atoms with Crippen molar-refractivity contribution in [2.24, 2.45) is 0 Å². The summed E-state index contributed by atoms with van der Waals surface area (Å²) >= 11 is 2.78. The van der Waals surface area contributed by atoms with Crippen molar-refractivity contribution >= 4 is 20.5 Å². The smallest absolute Gasteiger partial charge is 1.00 e. The SMILES string of the molecule is FCc1ccccc1[Se-].[Na+]. The number of halogens is 1. The van der Waals surface area contributed by atoms with Crippen LogP contribution in [0.3, 0.4) is 0 Å². The Morgan fingerprint density at radius 1 is 1.30 bits per heavy atom. The van der Waals surface area contributed by atoms with Crippen molar-refractivity contribution in [3.8, 4) is 0 Å². The summed E-state index contributed by atoms with van der Waals surface area (Å²) < 4.78 is 12.9. The molecule has 0 radical (unpaired) electrons. The topological polar surface area (TPSA) is 0 Å². The third-order valence-electron chi connectivity index (χ3n) is 1.12. The Morgan fingerprint density at radius 2 is 1.90 bits per heavy atom. The van der Waals surface area contributed by atoms with Crippen molar-refractivity contribution in [1.82, 2.24) is 0 Å². The Morgan fingerprint density at radius 3 is 2.30 bits per heavy atom. The molecule has 1 aromatic rings. The zero-order chi connectivity index (χ0) is 6.69. The number of rotatable bonds is 1. The number of alkyl halides is 1. The molecule has 10 heavy (non-hydrogen) atoms. The van der Waals surface area contributed by atoms with Crippen LogP contribution in [0.2, 0.25) is 0 Å². The normalized spacial score (nSPS) is 8.50. The zero-order valence-electron chi connectivity index (χ0n) is 5.80. The van der Waals surface area contributed by atoms with Crippen LogP contribution in [0.15, 0.2) is 24.3 Å². The van der Waals surface area contributed by atoms with Crippen LogP contribution >= 0.6 is 0 Å². The van der Waals surface area contributed by atoms with Gasteiger partial charge in [0.2, 0.25) is 0 Å². The first-order chi connectivity index (χ1) is 4.34. The second-order valence-corrected chi connectivity index (χ2v) is 2.66. The molecule has 1 rings (SSSR count). The first-order valence-electron chi connectivity index (χ1n) is 2.65. The van der Waals surface area contributed by atoms with Gasteiger partial charge in [0, 0.05) is 0 Å². The first-order valence-corrected chi connectivity index (χ1v) is 3.51. The van der Waals surface area contributed by atoms with Crippen molar-refractivity contribution in [2.45, 2.75) is 6.67 Å². The van der Waals surface area contributed by atoms with Crippen molar-refractivity contribution < 1.29 is 33.9 Å². The third kappa shape index (κ3) is 2.73. The molecule has 0 fully saturated rings. The average molecular weight is 211 g/mol. The first kappa shape index (κ1) is 10.7. The maximum Gasteiger partial charge on any atom is 1.00 e. The molecule has 1 aromatic carbocycles. The number of hydrogen-bond acceptors (Lipinski definition) is 0. The monoisotopic (exact) mass is 212 g/mol. The molecule has 0 atom stereocenters. The van der Waals surface area contributed by atoms with Gasteiger partial charge < -0.3 is 0 Å². The Balaban J connectivity index is 0.000000810. The minimum Gasteiger partial charge on any atom is 1.00 e. The molecule has 0 unspecified atom stereocenters. The fourth-order valence-corrected chi connectivity index (χ4v) is 1.04. The molecular weight excluding hydrogens is 205 g/mol. The molecule has 0 aliphatic carbocycles. The summed E-state index contributed by atoms with van der Waals surface area (Å²) in [5, 5.41) is 0. The molecule has 0 spiro atoms. The standard InChI is InChI=1S/C7H7FSe.Na/c8-5-6-3-1-2-4-7(6)9;/h1-4,9H,5H2;/q;+1/p-1. The van der Waals surface area contributed by atoms with Crippen LogP contribution in [0.5, 0.6) is 0 Å². The summed E-state index contributed by atoms with van der Waals surface area (Å²) in [5.74, 6) is 0. The van der Waals surface area contributed by atoms with Gasteiger partial charge >= 0.3 is 90.9 Å². The minimum absolute atomic E-state index is 0. The second-order valence-electron chi connectivity index (χ2n) is 1.74. The maximum absolute atomic E-state index is 12.0. The van der Waals surface area contributed by atoms with E-state index in [1.165, 1.54) is 0 Å². The van der Waals surface area contributed by atoms with Crippen LogP contribution in [-0.2, 0) is 6.67 Å². The molecule has 3 heteroatoms. The van der Waals surface area contributed by atoms with Gasteiger partial charge in [-0.05, 0) is 0 Å². The van der Waals surface area contributed by atoms with Crippen LogP contribution in [0, 0.1) is 0 Å². The van der Waals surface area contributed by atoms with E-state index in [0.29, 0.717) is 0 Å². The van der Waals surface area contributed by atoms with Gasteiger partial charge in [-0.2, -0.15) is 0 Å². The van der Waals surface area contributed by atoms with E-state index in [2.05, 4.69) is 16.0 Å². The van der Waals surface area contributed by atoms with Crippen LogP contribution < -0.4 is 34.0 Å². The Labute approximate surface area is 90.3 Å². The summed E-state index contributed by atoms with van der Waals surface area (Å²) in [6, 6.07) is 7.33. The summed E-state index contributed by atoms with van der Waals surface area (Å²) in [4.78, 5) is 0. The summed E-state index contributed by atoms with van der Waals surface area (Å²) in [7, 11) is 0. The van der Waals surface area contributed by atoms with E-state index in [1.807, 2.05) is 18.2 Å². The van der Waals surface area contributed by atoms with Crippen molar-refractivity contribution in [3.63, 3.8) is 0 Å². The predicted octanol–water partition coefficient (Wildman–Crippen LogP) is -2.05. The molecule has 0 saturated heterocycles. The van der Waals surface area contributed by atoms with Gasteiger partial charge in [0.1, 0.15) is 0 Å². The molecule has 48 valence electrons. The van der Waals surface area contributed by atoms with E-state index < -0.39 is 0 Å². The van der Waals surface area contributed by atoms with Gasteiger partial charge in [-0.25, -0.2) is 0 Å². The van der Waals surface area contributed by atoms with Crippen LogP contribution in [-0.4, -0.2) is 16.0 Å². The van der Waals surface area contributed by atoms with Crippen LogP contribution in [0.4, 0.5) is 4.39 Å². The van der Waals surface area contributed by atoms with Crippen LogP contribution in [0.25, 0.3) is 0 Å². The molecule has 0 N–H and O–H groups in total. The predicted molar refractivity (Wildman–Crippen MR) is 36.6 cm³/mol. The summed E-state index contributed by atoms with van der Waals surface area (Å²) in [5.41, 5.74) is 0.734.